The number of hydrogen-bond acceptors (Lipinski definition) is 4. The number of carbonyl (C=O) groups excluding carboxylic acids is 2. The molecule has 2 fully saturated rings. The zero-order valence-corrected chi connectivity index (χ0v) is 10.6. The van der Waals surface area contributed by atoms with Crippen molar-refractivity contribution in [1.82, 2.24) is 16.0 Å². The van der Waals surface area contributed by atoms with Crippen LogP contribution in [0.3, 0.4) is 0 Å². The van der Waals surface area contributed by atoms with Gasteiger partial charge in [-0.25, -0.2) is 0 Å². The number of nitrogens with one attached hydrogen (secondary N) is 3. The molecule has 2 aliphatic heterocycles. The molecule has 0 aliphatic carbocycles. The van der Waals surface area contributed by atoms with Crippen LogP contribution >= 0.6 is 11.8 Å². The predicted octanol–water partition coefficient (Wildman–Crippen LogP) is -0.524. The van der Waals surface area contributed by atoms with Gasteiger partial charge in [0.1, 0.15) is 0 Å². The van der Waals surface area contributed by atoms with Gasteiger partial charge in [0.25, 0.3) is 0 Å². The molecule has 96 valence electrons. The second-order valence-electron chi connectivity index (χ2n) is 4.54. The predicted molar refractivity (Wildman–Crippen MR) is 67.9 cm³/mol. The van der Waals surface area contributed by atoms with E-state index in [0.29, 0.717) is 25.4 Å². The molecule has 0 saturated carbocycles. The van der Waals surface area contributed by atoms with Crippen LogP contribution in [0, 0.1) is 0 Å². The van der Waals surface area contributed by atoms with Gasteiger partial charge in [0.05, 0.1) is 0 Å². The molecular formula is C11H19N3O2S. The van der Waals surface area contributed by atoms with Crippen LogP contribution in [0.1, 0.15) is 19.3 Å². The summed E-state index contributed by atoms with van der Waals surface area (Å²) >= 11 is 1.89. The zero-order chi connectivity index (χ0) is 12.1. The lowest BCUT2D eigenvalue weighted by atomic mass is 10.2. The minimum absolute atomic E-state index is 0.0751. The molecule has 2 unspecified atom stereocenters. The van der Waals surface area contributed by atoms with Gasteiger partial charge < -0.3 is 16.0 Å². The fourth-order valence-corrected chi connectivity index (χ4v) is 3.06. The molecule has 2 aliphatic rings. The highest BCUT2D eigenvalue weighted by Crippen LogP contribution is 2.10. The molecule has 2 rings (SSSR count). The summed E-state index contributed by atoms with van der Waals surface area (Å²) in [4.78, 5) is 22.7. The standard InChI is InChI=1S/C11H19N3O2S/c15-10-2-1-8(14-10)6-13-11(16)5-9-7-17-4-3-12-9/h8-9,12H,1-7H2,(H,13,16)(H,14,15). The van der Waals surface area contributed by atoms with Crippen molar-refractivity contribution in [2.24, 2.45) is 0 Å². The first-order valence-electron chi connectivity index (χ1n) is 6.11. The van der Waals surface area contributed by atoms with Crippen molar-refractivity contribution < 1.29 is 9.59 Å². The third kappa shape index (κ3) is 4.20. The summed E-state index contributed by atoms with van der Waals surface area (Å²) in [7, 11) is 0. The van der Waals surface area contributed by atoms with Crippen molar-refractivity contribution in [1.29, 1.82) is 0 Å². The molecule has 17 heavy (non-hydrogen) atoms. The van der Waals surface area contributed by atoms with E-state index in [2.05, 4.69) is 16.0 Å². The van der Waals surface area contributed by atoms with E-state index < -0.39 is 0 Å². The Kier molecular flexibility index (Phi) is 4.67. The van der Waals surface area contributed by atoms with E-state index >= 15 is 0 Å². The average molecular weight is 257 g/mol. The number of carbonyl (C=O) groups is 2. The van der Waals surface area contributed by atoms with Crippen LogP contribution in [0.2, 0.25) is 0 Å². The SMILES string of the molecule is O=C(CC1CSCCN1)NCC1CCC(=O)N1. The first kappa shape index (κ1) is 12.7. The Morgan fingerprint density at radius 1 is 1.47 bits per heavy atom. The highest BCUT2D eigenvalue weighted by molar-refractivity contribution is 7.99. The number of hydrogen-bond donors (Lipinski definition) is 3. The van der Waals surface area contributed by atoms with Crippen molar-refractivity contribution >= 4 is 23.6 Å². The third-order valence-corrected chi connectivity index (χ3v) is 4.19. The van der Waals surface area contributed by atoms with Crippen molar-refractivity contribution in [2.75, 3.05) is 24.6 Å². The smallest absolute Gasteiger partial charge is 0.221 e. The monoisotopic (exact) mass is 257 g/mol. The van der Waals surface area contributed by atoms with Crippen LogP contribution in [-0.2, 0) is 9.59 Å². The average Bonchev–Trinajstić information content (AvgIpc) is 2.74. The molecule has 0 aromatic carbocycles. The van der Waals surface area contributed by atoms with E-state index in [1.54, 1.807) is 0 Å². The van der Waals surface area contributed by atoms with Gasteiger partial charge in [-0.1, -0.05) is 0 Å². The summed E-state index contributed by atoms with van der Waals surface area (Å²) in [5.74, 6) is 2.31. The highest BCUT2D eigenvalue weighted by atomic mass is 32.2. The molecule has 5 nitrogen and oxygen atoms in total. The van der Waals surface area contributed by atoms with Crippen LogP contribution < -0.4 is 16.0 Å². The molecule has 3 N–H and O–H groups in total. The zero-order valence-electron chi connectivity index (χ0n) is 9.83. The summed E-state index contributed by atoms with van der Waals surface area (Å²) in [6.07, 6.45) is 1.95. The Morgan fingerprint density at radius 3 is 3.00 bits per heavy atom. The minimum atomic E-state index is 0.0751. The lowest BCUT2D eigenvalue weighted by Crippen LogP contribution is -2.43. The Bertz CT molecular complexity index is 292. The van der Waals surface area contributed by atoms with Crippen molar-refractivity contribution in [2.45, 2.75) is 31.3 Å². The molecule has 2 amide bonds. The lowest BCUT2D eigenvalue weighted by Gasteiger charge is -2.22. The van der Waals surface area contributed by atoms with Gasteiger partial charge in [-0.15, -0.1) is 0 Å². The molecule has 2 saturated heterocycles. The van der Waals surface area contributed by atoms with Gasteiger partial charge in [-0.05, 0) is 6.42 Å². The third-order valence-electron chi connectivity index (χ3n) is 3.06. The number of thioether (sulfide) groups is 1. The fraction of sp³-hybridized carbons (Fsp3) is 0.818. The van der Waals surface area contributed by atoms with Crippen LogP contribution in [0.4, 0.5) is 0 Å². The quantitative estimate of drug-likeness (QED) is 0.633. The maximum atomic E-state index is 11.7. The second kappa shape index (κ2) is 6.26. The van der Waals surface area contributed by atoms with E-state index in [1.165, 1.54) is 0 Å². The first-order chi connectivity index (χ1) is 8.24. The topological polar surface area (TPSA) is 70.2 Å². The van der Waals surface area contributed by atoms with Crippen LogP contribution in [0.15, 0.2) is 0 Å². The molecule has 0 aromatic rings. The Morgan fingerprint density at radius 2 is 2.35 bits per heavy atom. The number of rotatable bonds is 4. The molecule has 0 bridgehead atoms. The summed E-state index contributed by atoms with van der Waals surface area (Å²) in [5, 5.41) is 9.06. The van der Waals surface area contributed by atoms with Crippen LogP contribution in [-0.4, -0.2) is 48.5 Å². The largest absolute Gasteiger partial charge is 0.354 e. The van der Waals surface area contributed by atoms with E-state index in [4.69, 9.17) is 0 Å². The van der Waals surface area contributed by atoms with Gasteiger partial charge in [-0.2, -0.15) is 11.8 Å². The first-order valence-corrected chi connectivity index (χ1v) is 7.26. The van der Waals surface area contributed by atoms with Crippen LogP contribution in [0.25, 0.3) is 0 Å². The van der Waals surface area contributed by atoms with Gasteiger partial charge in [-0.3, -0.25) is 9.59 Å². The van der Waals surface area contributed by atoms with Gasteiger partial charge >= 0.3 is 0 Å². The molecule has 2 heterocycles. The van der Waals surface area contributed by atoms with E-state index in [0.717, 1.165) is 24.5 Å². The summed E-state index contributed by atoms with van der Waals surface area (Å²) in [6, 6.07) is 0.423. The fourth-order valence-electron chi connectivity index (χ4n) is 2.11. The van der Waals surface area contributed by atoms with E-state index in [9.17, 15) is 9.59 Å². The van der Waals surface area contributed by atoms with Gasteiger partial charge in [0.15, 0.2) is 0 Å². The molecule has 0 spiro atoms. The molecule has 0 radical (unpaired) electrons. The Labute approximate surface area is 105 Å². The van der Waals surface area contributed by atoms with E-state index in [1.807, 2.05) is 11.8 Å². The summed E-state index contributed by atoms with van der Waals surface area (Å²) < 4.78 is 0. The molecule has 0 aromatic heterocycles. The molecular weight excluding hydrogens is 238 g/mol. The van der Waals surface area contributed by atoms with Crippen molar-refractivity contribution in [3.8, 4) is 0 Å². The minimum Gasteiger partial charge on any atom is -0.354 e. The maximum absolute atomic E-state index is 11.7. The Hall–Kier alpha value is -0.750. The molecule has 6 heteroatoms. The van der Waals surface area contributed by atoms with Gasteiger partial charge in [0.2, 0.25) is 11.8 Å². The molecule has 2 atom stereocenters. The number of amides is 2. The van der Waals surface area contributed by atoms with Crippen LogP contribution in [0.5, 0.6) is 0 Å². The second-order valence-corrected chi connectivity index (χ2v) is 5.69. The lowest BCUT2D eigenvalue weighted by molar-refractivity contribution is -0.122. The van der Waals surface area contributed by atoms with Gasteiger partial charge in [0, 0.05) is 49.5 Å². The summed E-state index contributed by atoms with van der Waals surface area (Å²) in [6.45, 7) is 1.55. The van der Waals surface area contributed by atoms with Crippen molar-refractivity contribution in [3.63, 3.8) is 0 Å². The normalized spacial score (nSPS) is 28.8. The maximum Gasteiger partial charge on any atom is 0.221 e. The summed E-state index contributed by atoms with van der Waals surface area (Å²) in [5.41, 5.74) is 0. The van der Waals surface area contributed by atoms with Crippen molar-refractivity contribution in [3.05, 3.63) is 0 Å². The highest BCUT2D eigenvalue weighted by Gasteiger charge is 2.22. The Balaban J connectivity index is 1.61. The van der Waals surface area contributed by atoms with E-state index in [-0.39, 0.29) is 17.9 Å².